The average Bonchev–Trinajstić information content (AvgIpc) is 3.14. The lowest BCUT2D eigenvalue weighted by atomic mass is 10.2. The van der Waals surface area contributed by atoms with E-state index in [4.69, 9.17) is 17.2 Å². The molecule has 2 saturated heterocycles. The van der Waals surface area contributed by atoms with E-state index in [0.717, 1.165) is 5.69 Å². The fraction of sp³-hybridized carbons (Fsp3) is 0.280. The predicted octanol–water partition coefficient (Wildman–Crippen LogP) is 3.77. The summed E-state index contributed by atoms with van der Waals surface area (Å²) < 4.78 is 15.3. The number of thioether (sulfide) groups is 1. The Hall–Kier alpha value is -3.24. The number of hydrogen-bond donors (Lipinski definition) is 0. The third-order valence-electron chi connectivity index (χ3n) is 6.14. The van der Waals surface area contributed by atoms with Crippen molar-refractivity contribution < 1.29 is 9.18 Å². The van der Waals surface area contributed by atoms with Crippen LogP contribution in [-0.4, -0.2) is 56.7 Å². The number of pyridine rings is 1. The van der Waals surface area contributed by atoms with Gasteiger partial charge in [0.1, 0.15) is 21.6 Å². The van der Waals surface area contributed by atoms with E-state index in [-0.39, 0.29) is 23.3 Å². The standard InChI is InChI=1S/C25H24FN5O2S2/c1-16(2)31-24(33)20(35-25(31)34)15-19-22(27-21-5-3-4-10-30(21)23(19)32)29-13-11-28(12-14-29)18-8-6-17(26)7-9-18/h3-10,15-16H,11-14H2,1-2H3/b20-15-. The second-order valence-corrected chi connectivity index (χ2v) is 10.4. The Balaban J connectivity index is 1.52. The lowest BCUT2D eigenvalue weighted by Crippen LogP contribution is -2.47. The van der Waals surface area contributed by atoms with Gasteiger partial charge in [-0.3, -0.25) is 18.9 Å². The summed E-state index contributed by atoms with van der Waals surface area (Å²) in [6, 6.07) is 11.8. The number of anilines is 2. The van der Waals surface area contributed by atoms with Gasteiger partial charge < -0.3 is 9.80 Å². The summed E-state index contributed by atoms with van der Waals surface area (Å²) in [6.45, 7) is 6.45. The van der Waals surface area contributed by atoms with Crippen LogP contribution in [0.2, 0.25) is 0 Å². The molecule has 0 N–H and O–H groups in total. The Bertz CT molecular complexity index is 1400. The second-order valence-electron chi connectivity index (χ2n) is 8.68. The maximum absolute atomic E-state index is 13.5. The first-order valence-corrected chi connectivity index (χ1v) is 12.6. The van der Waals surface area contributed by atoms with Gasteiger partial charge in [-0.25, -0.2) is 9.37 Å². The third kappa shape index (κ3) is 4.43. The van der Waals surface area contributed by atoms with Crippen molar-refractivity contribution in [3.05, 3.63) is 75.3 Å². The summed E-state index contributed by atoms with van der Waals surface area (Å²) >= 11 is 6.62. The van der Waals surface area contributed by atoms with Crippen LogP contribution >= 0.6 is 24.0 Å². The normalized spacial score (nSPS) is 17.9. The zero-order valence-electron chi connectivity index (χ0n) is 19.3. The van der Waals surface area contributed by atoms with Gasteiger partial charge in [0.25, 0.3) is 11.5 Å². The van der Waals surface area contributed by atoms with Gasteiger partial charge in [-0.05, 0) is 56.3 Å². The Kier molecular flexibility index (Phi) is 6.33. The third-order valence-corrected chi connectivity index (χ3v) is 7.47. The quantitative estimate of drug-likeness (QED) is 0.392. The lowest BCUT2D eigenvalue weighted by molar-refractivity contribution is -0.123. The lowest BCUT2D eigenvalue weighted by Gasteiger charge is -2.37. The van der Waals surface area contributed by atoms with Crippen LogP contribution in [0, 0.1) is 5.82 Å². The molecule has 0 aliphatic carbocycles. The van der Waals surface area contributed by atoms with Crippen molar-refractivity contribution in [3.8, 4) is 0 Å². The van der Waals surface area contributed by atoms with E-state index in [2.05, 4.69) is 9.80 Å². The molecule has 4 heterocycles. The fourth-order valence-corrected chi connectivity index (χ4v) is 5.85. The van der Waals surface area contributed by atoms with Gasteiger partial charge in [0.15, 0.2) is 0 Å². The largest absolute Gasteiger partial charge is 0.368 e. The number of amides is 1. The molecule has 0 bridgehead atoms. The minimum Gasteiger partial charge on any atom is -0.368 e. The SMILES string of the molecule is CC(C)N1C(=O)/C(=C/c2c(N3CCN(c4ccc(F)cc4)CC3)nc3ccccn3c2=O)SC1=S. The number of piperazine rings is 1. The molecule has 1 amide bonds. The molecular weight excluding hydrogens is 485 g/mol. The van der Waals surface area contributed by atoms with E-state index >= 15 is 0 Å². The molecule has 1 aromatic carbocycles. The number of carbonyl (C=O) groups excluding carboxylic acids is 1. The number of hydrogen-bond acceptors (Lipinski definition) is 7. The minimum atomic E-state index is -0.263. The highest BCUT2D eigenvalue weighted by Gasteiger charge is 2.34. The zero-order chi connectivity index (χ0) is 24.7. The Morgan fingerprint density at radius 1 is 1.03 bits per heavy atom. The van der Waals surface area contributed by atoms with E-state index in [1.165, 1.54) is 28.3 Å². The van der Waals surface area contributed by atoms with Crippen LogP contribution in [0.25, 0.3) is 11.7 Å². The highest BCUT2D eigenvalue weighted by Crippen LogP contribution is 2.35. The number of benzene rings is 1. The predicted molar refractivity (Wildman–Crippen MR) is 142 cm³/mol. The molecule has 0 radical (unpaired) electrons. The fourth-order valence-electron chi connectivity index (χ4n) is 4.34. The van der Waals surface area contributed by atoms with Gasteiger partial charge in [-0.15, -0.1) is 0 Å². The van der Waals surface area contributed by atoms with Crippen LogP contribution in [0.15, 0.2) is 58.4 Å². The minimum absolute atomic E-state index is 0.0664. The number of halogens is 1. The summed E-state index contributed by atoms with van der Waals surface area (Å²) in [5, 5.41) is 0. The first-order chi connectivity index (χ1) is 16.8. The molecule has 2 aromatic heterocycles. The van der Waals surface area contributed by atoms with Crippen molar-refractivity contribution in [2.24, 2.45) is 0 Å². The molecule has 180 valence electrons. The van der Waals surface area contributed by atoms with Crippen molar-refractivity contribution in [3.63, 3.8) is 0 Å². The topological polar surface area (TPSA) is 61.2 Å². The van der Waals surface area contributed by atoms with Gasteiger partial charge in [0, 0.05) is 44.1 Å². The molecule has 5 rings (SSSR count). The average molecular weight is 510 g/mol. The van der Waals surface area contributed by atoms with Crippen molar-refractivity contribution in [1.29, 1.82) is 0 Å². The van der Waals surface area contributed by atoms with Crippen molar-refractivity contribution in [2.75, 3.05) is 36.0 Å². The van der Waals surface area contributed by atoms with Gasteiger partial charge in [-0.2, -0.15) is 0 Å². The van der Waals surface area contributed by atoms with Crippen molar-refractivity contribution in [2.45, 2.75) is 19.9 Å². The molecule has 0 unspecified atom stereocenters. The maximum atomic E-state index is 13.5. The molecule has 0 saturated carbocycles. The number of rotatable bonds is 4. The van der Waals surface area contributed by atoms with E-state index < -0.39 is 0 Å². The molecule has 35 heavy (non-hydrogen) atoms. The molecule has 2 fully saturated rings. The van der Waals surface area contributed by atoms with E-state index in [0.29, 0.717) is 52.4 Å². The van der Waals surface area contributed by atoms with E-state index in [1.54, 1.807) is 41.4 Å². The first kappa shape index (κ1) is 23.5. The summed E-state index contributed by atoms with van der Waals surface area (Å²) in [5.41, 5.74) is 1.63. The zero-order valence-corrected chi connectivity index (χ0v) is 21.0. The van der Waals surface area contributed by atoms with E-state index in [9.17, 15) is 14.0 Å². The highest BCUT2D eigenvalue weighted by atomic mass is 32.2. The number of fused-ring (bicyclic) bond motifs is 1. The summed E-state index contributed by atoms with van der Waals surface area (Å²) in [6.07, 6.45) is 3.32. The Labute approximate surface area is 211 Å². The van der Waals surface area contributed by atoms with Gasteiger partial charge >= 0.3 is 0 Å². The molecule has 0 spiro atoms. The van der Waals surface area contributed by atoms with Gasteiger partial charge in [0.2, 0.25) is 0 Å². The van der Waals surface area contributed by atoms with Crippen molar-refractivity contribution in [1.82, 2.24) is 14.3 Å². The Morgan fingerprint density at radius 2 is 1.71 bits per heavy atom. The molecule has 3 aromatic rings. The highest BCUT2D eigenvalue weighted by molar-refractivity contribution is 8.26. The van der Waals surface area contributed by atoms with E-state index in [1.807, 2.05) is 19.9 Å². The van der Waals surface area contributed by atoms with Crippen LogP contribution < -0.4 is 15.4 Å². The van der Waals surface area contributed by atoms with Gasteiger partial charge in [-0.1, -0.05) is 30.0 Å². The first-order valence-electron chi connectivity index (χ1n) is 11.4. The molecule has 2 aliphatic rings. The summed E-state index contributed by atoms with van der Waals surface area (Å²) in [7, 11) is 0. The summed E-state index contributed by atoms with van der Waals surface area (Å²) in [4.78, 5) is 37.6. The molecule has 2 aliphatic heterocycles. The maximum Gasteiger partial charge on any atom is 0.267 e. The number of nitrogens with zero attached hydrogens (tertiary/aromatic N) is 5. The van der Waals surface area contributed by atoms with Gasteiger partial charge in [0.05, 0.1) is 10.5 Å². The van der Waals surface area contributed by atoms with Crippen LogP contribution in [0.4, 0.5) is 15.9 Å². The smallest absolute Gasteiger partial charge is 0.267 e. The van der Waals surface area contributed by atoms with Crippen LogP contribution in [0.5, 0.6) is 0 Å². The molecular formula is C25H24FN5O2S2. The molecule has 7 nitrogen and oxygen atoms in total. The van der Waals surface area contributed by atoms with Crippen LogP contribution in [0.3, 0.4) is 0 Å². The van der Waals surface area contributed by atoms with Crippen LogP contribution in [0.1, 0.15) is 19.4 Å². The van der Waals surface area contributed by atoms with Crippen molar-refractivity contribution >= 4 is 57.4 Å². The summed E-state index contributed by atoms with van der Waals surface area (Å²) in [5.74, 6) is 0.0927. The van der Waals surface area contributed by atoms with Crippen LogP contribution in [-0.2, 0) is 4.79 Å². The number of thiocarbonyl (C=S) groups is 1. The molecule has 0 atom stereocenters. The molecule has 10 heteroatoms. The second kappa shape index (κ2) is 9.43. The number of aromatic nitrogens is 2. The monoisotopic (exact) mass is 509 g/mol. The number of carbonyl (C=O) groups is 1. The Morgan fingerprint density at radius 3 is 2.37 bits per heavy atom.